The first-order chi connectivity index (χ1) is 7.68. The highest BCUT2D eigenvalue weighted by Gasteiger charge is 2.31. The number of esters is 1. The zero-order valence-corrected chi connectivity index (χ0v) is 9.83. The predicted octanol–water partition coefficient (Wildman–Crippen LogP) is 2.31. The second kappa shape index (κ2) is 4.85. The van der Waals surface area contributed by atoms with Crippen LogP contribution in [0.2, 0.25) is 5.02 Å². The largest absolute Gasteiger partial charge is 0.460 e. The molecule has 1 fully saturated rings. The number of hydrogen-bond acceptors (Lipinski definition) is 3. The van der Waals surface area contributed by atoms with Gasteiger partial charge in [-0.25, -0.2) is 0 Å². The number of benzene rings is 1. The molecule has 1 aliphatic heterocycles. The molecule has 0 spiro atoms. The molecule has 1 heterocycles. The summed E-state index contributed by atoms with van der Waals surface area (Å²) in [4.78, 5) is 11.0. The van der Waals surface area contributed by atoms with Crippen LogP contribution in [0, 0.1) is 0 Å². The summed E-state index contributed by atoms with van der Waals surface area (Å²) in [6.45, 7) is 2.27. The van der Waals surface area contributed by atoms with E-state index in [9.17, 15) is 4.79 Å². The standard InChI is InChI=1S/C12H14ClNO2/c1-8(15)16-11-6-7-14-12(11)9-4-2-3-5-10(9)13/h2-5,11-12,14H,6-7H2,1H3/t11-,12-/m0/s1. The Labute approximate surface area is 99.7 Å². The van der Waals surface area contributed by atoms with Crippen LogP contribution in [0.5, 0.6) is 0 Å². The summed E-state index contributed by atoms with van der Waals surface area (Å²) in [5.74, 6) is -0.245. The summed E-state index contributed by atoms with van der Waals surface area (Å²) in [5, 5.41) is 4.01. The number of ether oxygens (including phenoxy) is 1. The summed E-state index contributed by atoms with van der Waals surface area (Å²) in [6, 6.07) is 7.65. The molecular weight excluding hydrogens is 226 g/mol. The van der Waals surface area contributed by atoms with Crippen LogP contribution in [0.4, 0.5) is 0 Å². The molecule has 1 N–H and O–H groups in total. The van der Waals surface area contributed by atoms with E-state index in [1.54, 1.807) is 0 Å². The van der Waals surface area contributed by atoms with Crippen LogP contribution in [0.3, 0.4) is 0 Å². The molecule has 16 heavy (non-hydrogen) atoms. The molecule has 2 atom stereocenters. The van der Waals surface area contributed by atoms with E-state index in [-0.39, 0.29) is 18.1 Å². The van der Waals surface area contributed by atoms with Gasteiger partial charge >= 0.3 is 5.97 Å². The lowest BCUT2D eigenvalue weighted by Gasteiger charge is -2.20. The maximum atomic E-state index is 11.0. The van der Waals surface area contributed by atoms with Crippen molar-refractivity contribution in [2.45, 2.75) is 25.5 Å². The fraction of sp³-hybridized carbons (Fsp3) is 0.417. The molecule has 1 aromatic carbocycles. The van der Waals surface area contributed by atoms with Crippen molar-refractivity contribution in [1.29, 1.82) is 0 Å². The van der Waals surface area contributed by atoms with Crippen LogP contribution in [0.25, 0.3) is 0 Å². The lowest BCUT2D eigenvalue weighted by atomic mass is 10.0. The van der Waals surface area contributed by atoms with E-state index >= 15 is 0 Å². The Hall–Kier alpha value is -1.06. The highest BCUT2D eigenvalue weighted by molar-refractivity contribution is 6.31. The average molecular weight is 240 g/mol. The Balaban J connectivity index is 2.20. The van der Waals surface area contributed by atoms with Gasteiger partial charge in [-0.2, -0.15) is 0 Å². The van der Waals surface area contributed by atoms with Crippen molar-refractivity contribution in [3.05, 3.63) is 34.9 Å². The van der Waals surface area contributed by atoms with Crippen LogP contribution in [-0.4, -0.2) is 18.6 Å². The van der Waals surface area contributed by atoms with Gasteiger partial charge < -0.3 is 10.1 Å². The normalized spacial score (nSPS) is 24.4. The number of carbonyl (C=O) groups excluding carboxylic acids is 1. The Bertz CT molecular complexity index is 394. The molecule has 3 nitrogen and oxygen atoms in total. The van der Waals surface area contributed by atoms with Gasteiger partial charge in [0.05, 0.1) is 6.04 Å². The molecule has 1 saturated heterocycles. The second-order valence-corrected chi connectivity index (χ2v) is 4.30. The smallest absolute Gasteiger partial charge is 0.302 e. The maximum Gasteiger partial charge on any atom is 0.302 e. The zero-order chi connectivity index (χ0) is 11.5. The van der Waals surface area contributed by atoms with Gasteiger partial charge in [-0.1, -0.05) is 29.8 Å². The SMILES string of the molecule is CC(=O)O[C@H]1CCN[C@H]1c1ccccc1Cl. The number of nitrogens with one attached hydrogen (secondary N) is 1. The summed E-state index contributed by atoms with van der Waals surface area (Å²) in [7, 11) is 0. The van der Waals surface area contributed by atoms with E-state index in [2.05, 4.69) is 5.32 Å². The third-order valence-corrected chi connectivity index (χ3v) is 3.07. The highest BCUT2D eigenvalue weighted by atomic mass is 35.5. The van der Waals surface area contributed by atoms with E-state index in [0.717, 1.165) is 18.5 Å². The fourth-order valence-corrected chi connectivity index (χ4v) is 2.31. The molecular formula is C12H14ClNO2. The van der Waals surface area contributed by atoms with Crippen molar-refractivity contribution in [1.82, 2.24) is 5.32 Å². The summed E-state index contributed by atoms with van der Waals surface area (Å²) < 4.78 is 5.27. The first kappa shape index (κ1) is 11.4. The molecule has 0 saturated carbocycles. The first-order valence-electron chi connectivity index (χ1n) is 5.33. The zero-order valence-electron chi connectivity index (χ0n) is 9.07. The minimum absolute atomic E-state index is 0.0117. The molecule has 4 heteroatoms. The van der Waals surface area contributed by atoms with Crippen molar-refractivity contribution in [3.63, 3.8) is 0 Å². The van der Waals surface area contributed by atoms with Gasteiger partial charge in [0.15, 0.2) is 0 Å². The average Bonchev–Trinajstić information content (AvgIpc) is 2.66. The third kappa shape index (κ3) is 2.36. The Morgan fingerprint density at radius 3 is 2.94 bits per heavy atom. The van der Waals surface area contributed by atoms with E-state index in [0.29, 0.717) is 5.02 Å². The summed E-state index contributed by atoms with van der Waals surface area (Å²) in [5.41, 5.74) is 0.993. The van der Waals surface area contributed by atoms with E-state index < -0.39 is 0 Å². The van der Waals surface area contributed by atoms with Gasteiger partial charge in [-0.3, -0.25) is 4.79 Å². The predicted molar refractivity (Wildman–Crippen MR) is 62.4 cm³/mol. The molecule has 1 aliphatic rings. The molecule has 0 aliphatic carbocycles. The van der Waals surface area contributed by atoms with Crippen molar-refractivity contribution in [3.8, 4) is 0 Å². The van der Waals surface area contributed by atoms with Crippen LogP contribution in [0.1, 0.15) is 24.9 Å². The molecule has 1 aromatic rings. The molecule has 86 valence electrons. The topological polar surface area (TPSA) is 38.3 Å². The second-order valence-electron chi connectivity index (χ2n) is 3.89. The third-order valence-electron chi connectivity index (χ3n) is 2.72. The van der Waals surface area contributed by atoms with E-state index in [4.69, 9.17) is 16.3 Å². The monoisotopic (exact) mass is 239 g/mol. The van der Waals surface area contributed by atoms with Crippen molar-refractivity contribution >= 4 is 17.6 Å². The van der Waals surface area contributed by atoms with Gasteiger partial charge in [0, 0.05) is 11.9 Å². The van der Waals surface area contributed by atoms with Gasteiger partial charge in [0.1, 0.15) is 6.10 Å². The fourth-order valence-electron chi connectivity index (χ4n) is 2.06. The van der Waals surface area contributed by atoms with Crippen LogP contribution in [-0.2, 0) is 9.53 Å². The molecule has 0 aromatic heterocycles. The van der Waals surface area contributed by atoms with E-state index in [1.807, 2.05) is 24.3 Å². The Morgan fingerprint density at radius 1 is 1.50 bits per heavy atom. The lowest BCUT2D eigenvalue weighted by molar-refractivity contribution is -0.146. The summed E-state index contributed by atoms with van der Waals surface area (Å²) in [6.07, 6.45) is 0.715. The van der Waals surface area contributed by atoms with Gasteiger partial charge in [0.2, 0.25) is 0 Å². The Morgan fingerprint density at radius 2 is 2.25 bits per heavy atom. The van der Waals surface area contributed by atoms with Crippen LogP contribution >= 0.6 is 11.6 Å². The number of carbonyl (C=O) groups is 1. The Kier molecular flexibility index (Phi) is 3.46. The minimum Gasteiger partial charge on any atom is -0.460 e. The van der Waals surface area contributed by atoms with Crippen LogP contribution < -0.4 is 5.32 Å². The lowest BCUT2D eigenvalue weighted by Crippen LogP contribution is -2.25. The first-order valence-corrected chi connectivity index (χ1v) is 5.71. The van der Waals surface area contributed by atoms with Crippen LogP contribution in [0.15, 0.2) is 24.3 Å². The van der Waals surface area contributed by atoms with Gasteiger partial charge in [0.25, 0.3) is 0 Å². The molecule has 0 amide bonds. The number of rotatable bonds is 2. The number of halogens is 1. The molecule has 0 unspecified atom stereocenters. The van der Waals surface area contributed by atoms with Crippen molar-refractivity contribution in [2.24, 2.45) is 0 Å². The minimum atomic E-state index is -0.245. The summed E-state index contributed by atoms with van der Waals surface area (Å²) >= 11 is 6.13. The van der Waals surface area contributed by atoms with Crippen molar-refractivity contribution < 1.29 is 9.53 Å². The van der Waals surface area contributed by atoms with Gasteiger partial charge in [-0.05, 0) is 24.6 Å². The molecule has 0 radical (unpaired) electrons. The molecule has 2 rings (SSSR count). The maximum absolute atomic E-state index is 11.0. The quantitative estimate of drug-likeness (QED) is 0.805. The van der Waals surface area contributed by atoms with E-state index in [1.165, 1.54) is 6.92 Å². The number of hydrogen-bond donors (Lipinski definition) is 1. The molecule has 0 bridgehead atoms. The highest BCUT2D eigenvalue weighted by Crippen LogP contribution is 2.31. The van der Waals surface area contributed by atoms with Gasteiger partial charge in [-0.15, -0.1) is 0 Å². The van der Waals surface area contributed by atoms with Crippen molar-refractivity contribution in [2.75, 3.05) is 6.54 Å².